The summed E-state index contributed by atoms with van der Waals surface area (Å²) in [6.45, 7) is 2.42. The highest BCUT2D eigenvalue weighted by Gasteiger charge is 2.21. The molecule has 1 aliphatic heterocycles. The van der Waals surface area contributed by atoms with Crippen molar-refractivity contribution in [2.45, 2.75) is 19.5 Å². The lowest BCUT2D eigenvalue weighted by Crippen LogP contribution is -2.20. The first-order valence-corrected chi connectivity index (χ1v) is 6.51. The van der Waals surface area contributed by atoms with Crippen molar-refractivity contribution in [3.05, 3.63) is 53.2 Å². The molecule has 1 aromatic carbocycles. The maximum Gasteiger partial charge on any atom is 0.125 e. The van der Waals surface area contributed by atoms with Crippen molar-refractivity contribution in [3.63, 3.8) is 0 Å². The van der Waals surface area contributed by atoms with Gasteiger partial charge in [-0.1, -0.05) is 6.07 Å². The lowest BCUT2D eigenvalue weighted by atomic mass is 10.1. The summed E-state index contributed by atoms with van der Waals surface area (Å²) < 4.78 is 18.8. The van der Waals surface area contributed by atoms with Gasteiger partial charge >= 0.3 is 0 Å². The molecule has 0 bridgehead atoms. The van der Waals surface area contributed by atoms with Crippen molar-refractivity contribution in [2.24, 2.45) is 0 Å². The summed E-state index contributed by atoms with van der Waals surface area (Å²) in [5, 5.41) is 3.09. The van der Waals surface area contributed by atoms with E-state index in [1.165, 1.54) is 11.6 Å². The fourth-order valence-corrected chi connectivity index (χ4v) is 2.61. The number of benzene rings is 1. The van der Waals surface area contributed by atoms with Crippen molar-refractivity contribution in [2.75, 3.05) is 18.5 Å². The highest BCUT2D eigenvalue weighted by molar-refractivity contribution is 5.58. The second-order valence-corrected chi connectivity index (χ2v) is 4.84. The van der Waals surface area contributed by atoms with Gasteiger partial charge in [-0.3, -0.25) is 0 Å². The minimum Gasteiger partial charge on any atom is -0.468 e. The van der Waals surface area contributed by atoms with Crippen LogP contribution in [0.1, 0.15) is 16.9 Å². The van der Waals surface area contributed by atoms with Crippen molar-refractivity contribution < 1.29 is 8.81 Å². The Hall–Kier alpha value is -1.81. The van der Waals surface area contributed by atoms with Crippen LogP contribution in [-0.4, -0.2) is 13.6 Å². The third-order valence-electron chi connectivity index (χ3n) is 3.58. The summed E-state index contributed by atoms with van der Waals surface area (Å²) >= 11 is 0. The quantitative estimate of drug-likeness (QED) is 0.916. The molecule has 3 rings (SSSR count). The average Bonchev–Trinajstić information content (AvgIpc) is 2.99. The van der Waals surface area contributed by atoms with Gasteiger partial charge in [0.25, 0.3) is 0 Å². The third kappa shape index (κ3) is 2.36. The number of rotatable bonds is 4. The molecule has 0 saturated heterocycles. The molecular formula is C15H17FN2O. The number of furan rings is 1. The van der Waals surface area contributed by atoms with E-state index in [1.54, 1.807) is 12.3 Å². The molecule has 0 aliphatic carbocycles. The largest absolute Gasteiger partial charge is 0.468 e. The number of hydrogen-bond donors (Lipinski definition) is 1. The predicted molar refractivity (Wildman–Crippen MR) is 72.6 cm³/mol. The van der Waals surface area contributed by atoms with Crippen molar-refractivity contribution in [1.82, 2.24) is 5.32 Å². The minimum absolute atomic E-state index is 0.173. The van der Waals surface area contributed by atoms with E-state index in [9.17, 15) is 4.39 Å². The Kier molecular flexibility index (Phi) is 3.25. The van der Waals surface area contributed by atoms with E-state index in [2.05, 4.69) is 10.2 Å². The van der Waals surface area contributed by atoms with Crippen LogP contribution in [0.4, 0.5) is 10.1 Å². The lowest BCUT2D eigenvalue weighted by molar-refractivity contribution is 0.490. The zero-order chi connectivity index (χ0) is 13.2. The highest BCUT2D eigenvalue weighted by atomic mass is 19.1. The van der Waals surface area contributed by atoms with E-state index in [0.29, 0.717) is 6.54 Å². The molecule has 1 N–H and O–H groups in total. The van der Waals surface area contributed by atoms with Crippen LogP contribution >= 0.6 is 0 Å². The topological polar surface area (TPSA) is 28.4 Å². The lowest BCUT2D eigenvalue weighted by Gasteiger charge is -2.19. The monoisotopic (exact) mass is 260 g/mol. The smallest absolute Gasteiger partial charge is 0.125 e. The molecule has 0 atom stereocenters. The Labute approximate surface area is 112 Å². The number of halogens is 1. The second-order valence-electron chi connectivity index (χ2n) is 4.84. The molecule has 0 amide bonds. The molecule has 1 aromatic heterocycles. The van der Waals surface area contributed by atoms with Crippen LogP contribution in [0.3, 0.4) is 0 Å². The van der Waals surface area contributed by atoms with Crippen LogP contribution in [-0.2, 0) is 19.5 Å². The Morgan fingerprint density at radius 2 is 2.26 bits per heavy atom. The van der Waals surface area contributed by atoms with Gasteiger partial charge in [0.15, 0.2) is 0 Å². The number of anilines is 1. The van der Waals surface area contributed by atoms with E-state index >= 15 is 0 Å². The van der Waals surface area contributed by atoms with Crippen molar-refractivity contribution in [1.29, 1.82) is 0 Å². The molecule has 2 aromatic rings. The van der Waals surface area contributed by atoms with Gasteiger partial charge in [-0.2, -0.15) is 0 Å². The molecule has 1 aliphatic rings. The maximum atomic E-state index is 13.4. The highest BCUT2D eigenvalue weighted by Crippen LogP contribution is 2.30. The summed E-state index contributed by atoms with van der Waals surface area (Å²) in [7, 11) is 1.90. The van der Waals surface area contributed by atoms with E-state index in [0.717, 1.165) is 36.5 Å². The van der Waals surface area contributed by atoms with Crippen LogP contribution < -0.4 is 10.2 Å². The summed E-state index contributed by atoms with van der Waals surface area (Å²) in [5.41, 5.74) is 3.39. The van der Waals surface area contributed by atoms with Gasteiger partial charge in [-0.25, -0.2) is 4.39 Å². The summed E-state index contributed by atoms with van der Waals surface area (Å²) in [6.07, 6.45) is 2.69. The fraction of sp³-hybridized carbons (Fsp3) is 0.333. The molecule has 0 unspecified atom stereocenters. The molecule has 0 saturated carbocycles. The number of nitrogens with one attached hydrogen (secondary N) is 1. The molecule has 19 heavy (non-hydrogen) atoms. The van der Waals surface area contributed by atoms with Crippen LogP contribution in [0.5, 0.6) is 0 Å². The van der Waals surface area contributed by atoms with E-state index in [-0.39, 0.29) is 5.82 Å². The Balaban J connectivity index is 1.82. The van der Waals surface area contributed by atoms with E-state index < -0.39 is 0 Å². The molecule has 0 radical (unpaired) electrons. The summed E-state index contributed by atoms with van der Waals surface area (Å²) in [5.74, 6) is 0.778. The first-order chi connectivity index (χ1) is 9.28. The molecular weight excluding hydrogens is 243 g/mol. The van der Waals surface area contributed by atoms with Gasteiger partial charge in [0.1, 0.15) is 11.6 Å². The SMILES string of the molecule is CNCc1occc1CN1CCc2ccc(F)cc21. The summed E-state index contributed by atoms with van der Waals surface area (Å²) in [4.78, 5) is 2.21. The minimum atomic E-state index is -0.173. The van der Waals surface area contributed by atoms with Crippen LogP contribution in [0.25, 0.3) is 0 Å². The fourth-order valence-electron chi connectivity index (χ4n) is 2.61. The van der Waals surface area contributed by atoms with Crippen LogP contribution in [0.15, 0.2) is 34.9 Å². The number of hydrogen-bond acceptors (Lipinski definition) is 3. The Bertz CT molecular complexity index is 579. The Morgan fingerprint density at radius 1 is 1.37 bits per heavy atom. The van der Waals surface area contributed by atoms with Gasteiger partial charge in [-0.15, -0.1) is 0 Å². The van der Waals surface area contributed by atoms with Crippen LogP contribution in [0, 0.1) is 5.82 Å². The predicted octanol–water partition coefficient (Wildman–Crippen LogP) is 2.70. The van der Waals surface area contributed by atoms with E-state index in [1.807, 2.05) is 19.2 Å². The normalized spacial score (nSPS) is 13.9. The van der Waals surface area contributed by atoms with Gasteiger partial charge in [-0.05, 0) is 37.2 Å². The molecule has 0 fully saturated rings. The van der Waals surface area contributed by atoms with E-state index in [4.69, 9.17) is 4.42 Å². The van der Waals surface area contributed by atoms with Crippen molar-refractivity contribution >= 4 is 5.69 Å². The Morgan fingerprint density at radius 3 is 3.11 bits per heavy atom. The van der Waals surface area contributed by atoms with Gasteiger partial charge in [0, 0.05) is 24.3 Å². The number of fused-ring (bicyclic) bond motifs is 1. The molecule has 3 nitrogen and oxygen atoms in total. The first-order valence-electron chi connectivity index (χ1n) is 6.51. The zero-order valence-corrected chi connectivity index (χ0v) is 10.9. The third-order valence-corrected chi connectivity index (χ3v) is 3.58. The zero-order valence-electron chi connectivity index (χ0n) is 10.9. The first kappa shape index (κ1) is 12.2. The molecule has 100 valence electrons. The summed E-state index contributed by atoms with van der Waals surface area (Å²) in [6, 6.07) is 7.03. The maximum absolute atomic E-state index is 13.4. The van der Waals surface area contributed by atoms with Gasteiger partial charge in [0.05, 0.1) is 12.8 Å². The molecule has 0 spiro atoms. The molecule has 4 heteroatoms. The molecule has 2 heterocycles. The second kappa shape index (κ2) is 5.05. The standard InChI is InChI=1S/C15H17FN2O/c1-17-9-15-12(5-7-19-15)10-18-6-4-11-2-3-13(16)8-14(11)18/h2-3,5,7-8,17H,4,6,9-10H2,1H3. The van der Waals surface area contributed by atoms with Crippen molar-refractivity contribution in [3.8, 4) is 0 Å². The average molecular weight is 260 g/mol. The van der Waals surface area contributed by atoms with Gasteiger partial charge in [0.2, 0.25) is 0 Å². The number of nitrogens with zero attached hydrogens (tertiary/aromatic N) is 1. The van der Waals surface area contributed by atoms with Gasteiger partial charge < -0.3 is 14.6 Å². The van der Waals surface area contributed by atoms with Crippen LogP contribution in [0.2, 0.25) is 0 Å².